The van der Waals surface area contributed by atoms with E-state index in [2.05, 4.69) is 5.32 Å². The molecule has 1 unspecified atom stereocenters. The maximum atomic E-state index is 12.5. The zero-order valence-corrected chi connectivity index (χ0v) is 12.8. The first kappa shape index (κ1) is 17.3. The molecule has 0 saturated carbocycles. The summed E-state index contributed by atoms with van der Waals surface area (Å²) in [6.07, 6.45) is -4.01. The van der Waals surface area contributed by atoms with Crippen molar-refractivity contribution in [3.05, 3.63) is 35.4 Å². The van der Waals surface area contributed by atoms with Gasteiger partial charge in [-0.15, -0.1) is 0 Å². The van der Waals surface area contributed by atoms with Crippen LogP contribution in [0.15, 0.2) is 24.3 Å². The van der Waals surface area contributed by atoms with Crippen LogP contribution in [0.3, 0.4) is 0 Å². The number of aryl methyl sites for hydroxylation is 1. The molecule has 1 saturated heterocycles. The average Bonchev–Trinajstić information content (AvgIpc) is 2.52. The van der Waals surface area contributed by atoms with Gasteiger partial charge in [0.05, 0.1) is 5.92 Å². The summed E-state index contributed by atoms with van der Waals surface area (Å²) in [5.41, 5.74) is 1.99. The SMILES string of the molecule is Cc1ccccc1CNC(=O)C1CCCN(C(=O)C(F)(F)F)C1. The Kier molecular flexibility index (Phi) is 5.28. The standard InChI is InChI=1S/C16H19F3N2O2/c1-11-5-2-3-6-12(11)9-20-14(22)13-7-4-8-21(10-13)15(23)16(17,18)19/h2-3,5-6,13H,4,7-10H2,1H3,(H,20,22). The highest BCUT2D eigenvalue weighted by molar-refractivity contribution is 5.84. The first-order valence-electron chi connectivity index (χ1n) is 7.47. The van der Waals surface area contributed by atoms with E-state index in [0.717, 1.165) is 16.0 Å². The minimum Gasteiger partial charge on any atom is -0.352 e. The van der Waals surface area contributed by atoms with Crippen molar-refractivity contribution in [2.24, 2.45) is 5.92 Å². The van der Waals surface area contributed by atoms with E-state index in [-0.39, 0.29) is 19.0 Å². The quantitative estimate of drug-likeness (QED) is 0.926. The van der Waals surface area contributed by atoms with Gasteiger partial charge in [0.2, 0.25) is 5.91 Å². The summed E-state index contributed by atoms with van der Waals surface area (Å²) in [6, 6.07) is 7.56. The minimum absolute atomic E-state index is 0.0416. The maximum Gasteiger partial charge on any atom is 0.471 e. The van der Waals surface area contributed by atoms with Gasteiger partial charge in [0, 0.05) is 19.6 Å². The maximum absolute atomic E-state index is 12.5. The third kappa shape index (κ3) is 4.46. The Morgan fingerprint density at radius 1 is 1.30 bits per heavy atom. The molecule has 7 heteroatoms. The summed E-state index contributed by atoms with van der Waals surface area (Å²) >= 11 is 0. The molecule has 0 aromatic heterocycles. The molecule has 2 rings (SSSR count). The highest BCUT2D eigenvalue weighted by Crippen LogP contribution is 2.24. The summed E-state index contributed by atoms with van der Waals surface area (Å²) < 4.78 is 37.5. The van der Waals surface area contributed by atoms with Gasteiger partial charge in [-0.1, -0.05) is 24.3 Å². The van der Waals surface area contributed by atoms with E-state index in [0.29, 0.717) is 19.4 Å². The topological polar surface area (TPSA) is 49.4 Å². The monoisotopic (exact) mass is 328 g/mol. The van der Waals surface area contributed by atoms with Crippen molar-refractivity contribution in [3.8, 4) is 0 Å². The number of hydrogen-bond acceptors (Lipinski definition) is 2. The van der Waals surface area contributed by atoms with Crippen molar-refractivity contribution in [3.63, 3.8) is 0 Å². The molecular formula is C16H19F3N2O2. The van der Waals surface area contributed by atoms with E-state index >= 15 is 0 Å². The zero-order valence-electron chi connectivity index (χ0n) is 12.8. The molecule has 126 valence electrons. The summed E-state index contributed by atoms with van der Waals surface area (Å²) in [7, 11) is 0. The van der Waals surface area contributed by atoms with Crippen LogP contribution in [0, 0.1) is 12.8 Å². The molecule has 1 aromatic carbocycles. The molecule has 0 aliphatic carbocycles. The van der Waals surface area contributed by atoms with Gasteiger partial charge in [-0.2, -0.15) is 13.2 Å². The molecular weight excluding hydrogens is 309 g/mol. The summed E-state index contributed by atoms with van der Waals surface area (Å²) in [6.45, 7) is 2.11. The number of piperidine rings is 1. The lowest BCUT2D eigenvalue weighted by molar-refractivity contribution is -0.187. The Balaban J connectivity index is 1.92. The summed E-state index contributed by atoms with van der Waals surface area (Å²) in [4.78, 5) is 24.2. The first-order chi connectivity index (χ1) is 10.8. The van der Waals surface area contributed by atoms with Crippen molar-refractivity contribution in [2.45, 2.75) is 32.5 Å². The molecule has 1 N–H and O–H groups in total. The number of nitrogens with one attached hydrogen (secondary N) is 1. The third-order valence-electron chi connectivity index (χ3n) is 4.04. The van der Waals surface area contributed by atoms with Gasteiger partial charge >= 0.3 is 12.1 Å². The number of rotatable bonds is 3. The Hall–Kier alpha value is -2.05. The lowest BCUT2D eigenvalue weighted by Gasteiger charge is -2.32. The molecule has 0 radical (unpaired) electrons. The van der Waals surface area contributed by atoms with Crippen LogP contribution >= 0.6 is 0 Å². The highest BCUT2D eigenvalue weighted by atomic mass is 19.4. The minimum atomic E-state index is -4.89. The number of halogens is 3. The Bertz CT molecular complexity index is 587. The zero-order chi connectivity index (χ0) is 17.0. The molecule has 1 fully saturated rings. The van der Waals surface area contributed by atoms with Crippen LogP contribution in [0.25, 0.3) is 0 Å². The van der Waals surface area contributed by atoms with Crippen LogP contribution in [-0.4, -0.2) is 36.0 Å². The number of nitrogens with zero attached hydrogens (tertiary/aromatic N) is 1. The molecule has 23 heavy (non-hydrogen) atoms. The van der Waals surface area contributed by atoms with Crippen molar-refractivity contribution in [2.75, 3.05) is 13.1 Å². The second kappa shape index (κ2) is 7.02. The predicted octanol–water partition coefficient (Wildman–Crippen LogP) is 2.41. The van der Waals surface area contributed by atoms with E-state index in [1.807, 2.05) is 31.2 Å². The van der Waals surface area contributed by atoms with Gasteiger partial charge in [0.25, 0.3) is 0 Å². The van der Waals surface area contributed by atoms with Gasteiger partial charge in [-0.25, -0.2) is 0 Å². The number of benzene rings is 1. The van der Waals surface area contributed by atoms with E-state index < -0.39 is 18.0 Å². The lowest BCUT2D eigenvalue weighted by Crippen LogP contribution is -2.49. The van der Waals surface area contributed by atoms with E-state index in [9.17, 15) is 22.8 Å². The van der Waals surface area contributed by atoms with Crippen LogP contribution in [0.4, 0.5) is 13.2 Å². The van der Waals surface area contributed by atoms with Gasteiger partial charge in [-0.3, -0.25) is 9.59 Å². The number of likely N-dealkylation sites (tertiary alicyclic amines) is 1. The smallest absolute Gasteiger partial charge is 0.352 e. The van der Waals surface area contributed by atoms with Gasteiger partial charge in [0.15, 0.2) is 0 Å². The van der Waals surface area contributed by atoms with Crippen LogP contribution in [-0.2, 0) is 16.1 Å². The number of alkyl halides is 3. The second-order valence-corrected chi connectivity index (χ2v) is 5.73. The Morgan fingerprint density at radius 3 is 2.65 bits per heavy atom. The molecule has 1 heterocycles. The molecule has 0 bridgehead atoms. The number of amides is 2. The largest absolute Gasteiger partial charge is 0.471 e. The van der Waals surface area contributed by atoms with Crippen LogP contribution in [0.2, 0.25) is 0 Å². The van der Waals surface area contributed by atoms with Crippen molar-refractivity contribution in [1.29, 1.82) is 0 Å². The highest BCUT2D eigenvalue weighted by Gasteiger charge is 2.44. The molecule has 1 atom stereocenters. The van der Waals surface area contributed by atoms with Gasteiger partial charge in [0.1, 0.15) is 0 Å². The van der Waals surface area contributed by atoms with Crippen LogP contribution in [0.1, 0.15) is 24.0 Å². The number of carbonyl (C=O) groups excluding carboxylic acids is 2. The van der Waals surface area contributed by atoms with E-state index in [4.69, 9.17) is 0 Å². The molecule has 1 aromatic rings. The number of carbonyl (C=O) groups is 2. The summed E-state index contributed by atoms with van der Waals surface area (Å²) in [5, 5.41) is 2.75. The fourth-order valence-electron chi connectivity index (χ4n) is 2.69. The second-order valence-electron chi connectivity index (χ2n) is 5.73. The fourth-order valence-corrected chi connectivity index (χ4v) is 2.69. The normalized spacial score (nSPS) is 18.6. The van der Waals surface area contributed by atoms with E-state index in [1.165, 1.54) is 0 Å². The van der Waals surface area contributed by atoms with Gasteiger partial charge in [-0.05, 0) is 30.9 Å². The average molecular weight is 328 g/mol. The Morgan fingerprint density at radius 2 is 2.00 bits per heavy atom. The predicted molar refractivity (Wildman–Crippen MR) is 78.4 cm³/mol. The van der Waals surface area contributed by atoms with Crippen LogP contribution in [0.5, 0.6) is 0 Å². The molecule has 1 aliphatic heterocycles. The van der Waals surface area contributed by atoms with Gasteiger partial charge < -0.3 is 10.2 Å². The summed E-state index contributed by atoms with van der Waals surface area (Å²) in [5.74, 6) is -2.78. The Labute approximate surface area is 132 Å². The fraction of sp³-hybridized carbons (Fsp3) is 0.500. The lowest BCUT2D eigenvalue weighted by atomic mass is 9.96. The van der Waals surface area contributed by atoms with Crippen LogP contribution < -0.4 is 5.32 Å². The molecule has 1 aliphatic rings. The van der Waals surface area contributed by atoms with E-state index in [1.54, 1.807) is 0 Å². The first-order valence-corrected chi connectivity index (χ1v) is 7.47. The molecule has 2 amide bonds. The molecule has 0 spiro atoms. The third-order valence-corrected chi connectivity index (χ3v) is 4.04. The van der Waals surface area contributed by atoms with Crippen molar-refractivity contribution < 1.29 is 22.8 Å². The van der Waals surface area contributed by atoms with Crippen molar-refractivity contribution >= 4 is 11.8 Å². The van der Waals surface area contributed by atoms with Crippen molar-refractivity contribution in [1.82, 2.24) is 10.2 Å². The molecule has 4 nitrogen and oxygen atoms in total. The number of hydrogen-bond donors (Lipinski definition) is 1.